The maximum absolute atomic E-state index is 12.2. The molecule has 1 heterocycles. The second-order valence-electron chi connectivity index (χ2n) is 5.03. The lowest BCUT2D eigenvalue weighted by Gasteiger charge is -2.39. The number of hydrogen-bond donors (Lipinski definition) is 1. The Balaban J connectivity index is 2.32. The molecule has 4 heteroatoms. The number of piperazine rings is 1. The van der Waals surface area contributed by atoms with Gasteiger partial charge in [0.05, 0.1) is 6.54 Å². The van der Waals surface area contributed by atoms with Crippen LogP contribution in [-0.2, 0) is 4.79 Å². The molecule has 1 fully saturated rings. The number of benzene rings is 1. The number of amides is 1. The Kier molecular flexibility index (Phi) is 3.68. The molecule has 4 nitrogen and oxygen atoms in total. The summed E-state index contributed by atoms with van der Waals surface area (Å²) in [6.07, 6.45) is 0. The van der Waals surface area contributed by atoms with E-state index in [9.17, 15) is 4.79 Å². The summed E-state index contributed by atoms with van der Waals surface area (Å²) in [4.78, 5) is 16.1. The fourth-order valence-electron chi connectivity index (χ4n) is 2.39. The van der Waals surface area contributed by atoms with E-state index in [1.54, 1.807) is 0 Å². The third-order valence-corrected chi connectivity index (χ3v) is 3.84. The molecule has 1 aliphatic heterocycles. The molecule has 2 rings (SSSR count). The zero-order valence-electron chi connectivity index (χ0n) is 11.3. The van der Waals surface area contributed by atoms with Crippen LogP contribution in [0.15, 0.2) is 18.2 Å². The second kappa shape index (κ2) is 5.08. The van der Waals surface area contributed by atoms with Gasteiger partial charge in [0.2, 0.25) is 5.91 Å². The quantitative estimate of drug-likeness (QED) is 0.845. The van der Waals surface area contributed by atoms with Gasteiger partial charge in [-0.2, -0.15) is 0 Å². The zero-order valence-corrected chi connectivity index (χ0v) is 11.3. The molecule has 1 aromatic rings. The van der Waals surface area contributed by atoms with Crippen LogP contribution in [0, 0.1) is 13.8 Å². The third kappa shape index (κ3) is 2.26. The minimum Gasteiger partial charge on any atom is -0.329 e. The van der Waals surface area contributed by atoms with E-state index in [4.69, 9.17) is 5.73 Å². The van der Waals surface area contributed by atoms with Crippen molar-refractivity contribution in [2.24, 2.45) is 5.73 Å². The number of rotatable bonds is 2. The third-order valence-electron chi connectivity index (χ3n) is 3.84. The van der Waals surface area contributed by atoms with Crippen molar-refractivity contribution < 1.29 is 4.79 Å². The molecule has 98 valence electrons. The first-order valence-electron chi connectivity index (χ1n) is 6.31. The number of likely N-dealkylation sites (N-methyl/N-ethyl adjacent to an activating group) is 1. The number of anilines is 1. The van der Waals surface area contributed by atoms with E-state index in [1.165, 1.54) is 11.1 Å². The van der Waals surface area contributed by atoms with Gasteiger partial charge in [-0.1, -0.05) is 12.1 Å². The normalized spacial score (nSPS) is 21.4. The number of nitrogens with zero attached hydrogens (tertiary/aromatic N) is 2. The highest BCUT2D eigenvalue weighted by Gasteiger charge is 2.30. The van der Waals surface area contributed by atoms with Crippen LogP contribution in [0.25, 0.3) is 0 Å². The van der Waals surface area contributed by atoms with E-state index >= 15 is 0 Å². The van der Waals surface area contributed by atoms with Crippen molar-refractivity contribution in [1.29, 1.82) is 0 Å². The summed E-state index contributed by atoms with van der Waals surface area (Å²) in [5, 5.41) is 0. The molecule has 0 aliphatic carbocycles. The van der Waals surface area contributed by atoms with Crippen LogP contribution in [-0.4, -0.2) is 43.5 Å². The first-order valence-corrected chi connectivity index (χ1v) is 6.31. The molecule has 1 atom stereocenters. The van der Waals surface area contributed by atoms with Gasteiger partial charge >= 0.3 is 0 Å². The van der Waals surface area contributed by atoms with Crippen LogP contribution in [0.1, 0.15) is 11.1 Å². The number of hydrogen-bond acceptors (Lipinski definition) is 3. The second-order valence-corrected chi connectivity index (χ2v) is 5.03. The summed E-state index contributed by atoms with van der Waals surface area (Å²) in [7, 11) is 1.95. The molecular formula is C14H21N3O. The molecule has 0 aromatic heterocycles. The molecule has 0 bridgehead atoms. The average Bonchev–Trinajstić information content (AvgIpc) is 2.34. The standard InChI is InChI=1S/C14H21N3O/c1-10-5-4-6-13(11(10)2)17-8-12(7-15)16(3)9-14(17)18/h4-6,12H,7-9,15H2,1-3H3. The van der Waals surface area contributed by atoms with E-state index in [0.29, 0.717) is 19.6 Å². The summed E-state index contributed by atoms with van der Waals surface area (Å²) in [6, 6.07) is 6.32. The summed E-state index contributed by atoms with van der Waals surface area (Å²) in [5.74, 6) is 0.149. The Morgan fingerprint density at radius 2 is 2.11 bits per heavy atom. The summed E-state index contributed by atoms with van der Waals surface area (Å²) < 4.78 is 0. The lowest BCUT2D eigenvalue weighted by molar-refractivity contribution is -0.121. The van der Waals surface area contributed by atoms with Crippen molar-refractivity contribution in [3.8, 4) is 0 Å². The molecule has 1 aromatic carbocycles. The number of aryl methyl sites for hydroxylation is 1. The lowest BCUT2D eigenvalue weighted by atomic mass is 10.0. The summed E-state index contributed by atoms with van der Waals surface area (Å²) in [5.41, 5.74) is 9.17. The fourth-order valence-corrected chi connectivity index (χ4v) is 2.39. The van der Waals surface area contributed by atoms with Crippen molar-refractivity contribution in [2.45, 2.75) is 19.9 Å². The summed E-state index contributed by atoms with van der Waals surface area (Å²) >= 11 is 0. The van der Waals surface area contributed by atoms with Gasteiger partial charge in [-0.15, -0.1) is 0 Å². The van der Waals surface area contributed by atoms with Crippen molar-refractivity contribution in [3.63, 3.8) is 0 Å². The number of carbonyl (C=O) groups is 1. The molecule has 0 spiro atoms. The summed E-state index contributed by atoms with van der Waals surface area (Å²) in [6.45, 7) is 5.82. The molecule has 1 aliphatic rings. The Hall–Kier alpha value is -1.39. The van der Waals surface area contributed by atoms with Crippen LogP contribution >= 0.6 is 0 Å². The zero-order chi connectivity index (χ0) is 13.3. The Labute approximate surface area is 108 Å². The van der Waals surface area contributed by atoms with Gasteiger partial charge in [0.1, 0.15) is 0 Å². The average molecular weight is 247 g/mol. The van der Waals surface area contributed by atoms with E-state index in [2.05, 4.69) is 19.9 Å². The van der Waals surface area contributed by atoms with E-state index < -0.39 is 0 Å². The topological polar surface area (TPSA) is 49.6 Å². The van der Waals surface area contributed by atoms with Crippen molar-refractivity contribution >= 4 is 11.6 Å². The lowest BCUT2D eigenvalue weighted by Crippen LogP contribution is -2.57. The minimum atomic E-state index is 0.149. The van der Waals surface area contributed by atoms with E-state index in [1.807, 2.05) is 29.0 Å². The first kappa shape index (κ1) is 13.1. The van der Waals surface area contributed by atoms with Gasteiger partial charge in [0, 0.05) is 24.8 Å². The van der Waals surface area contributed by atoms with Gasteiger partial charge < -0.3 is 10.6 Å². The molecule has 2 N–H and O–H groups in total. The molecular weight excluding hydrogens is 226 g/mol. The van der Waals surface area contributed by atoms with Crippen molar-refractivity contribution in [2.75, 3.05) is 31.6 Å². The van der Waals surface area contributed by atoms with Gasteiger partial charge in [0.15, 0.2) is 0 Å². The van der Waals surface area contributed by atoms with Gasteiger partial charge in [-0.25, -0.2) is 0 Å². The van der Waals surface area contributed by atoms with Gasteiger partial charge in [-0.05, 0) is 38.1 Å². The molecule has 1 amide bonds. The molecule has 0 radical (unpaired) electrons. The number of nitrogens with two attached hydrogens (primary N) is 1. The van der Waals surface area contributed by atoms with E-state index in [0.717, 1.165) is 5.69 Å². The SMILES string of the molecule is Cc1cccc(N2CC(CN)N(C)CC2=O)c1C. The highest BCUT2D eigenvalue weighted by atomic mass is 16.2. The first-order chi connectivity index (χ1) is 8.54. The van der Waals surface area contributed by atoms with Crippen LogP contribution in [0.2, 0.25) is 0 Å². The van der Waals surface area contributed by atoms with E-state index in [-0.39, 0.29) is 11.9 Å². The predicted octanol–water partition coefficient (Wildman–Crippen LogP) is 0.909. The Morgan fingerprint density at radius 1 is 1.39 bits per heavy atom. The highest BCUT2D eigenvalue weighted by Crippen LogP contribution is 2.25. The Morgan fingerprint density at radius 3 is 2.78 bits per heavy atom. The molecule has 1 saturated heterocycles. The van der Waals surface area contributed by atoms with Gasteiger partial charge in [-0.3, -0.25) is 9.69 Å². The van der Waals surface area contributed by atoms with Crippen LogP contribution in [0.5, 0.6) is 0 Å². The smallest absolute Gasteiger partial charge is 0.241 e. The van der Waals surface area contributed by atoms with Crippen LogP contribution in [0.3, 0.4) is 0 Å². The van der Waals surface area contributed by atoms with Crippen molar-refractivity contribution in [3.05, 3.63) is 29.3 Å². The monoisotopic (exact) mass is 247 g/mol. The largest absolute Gasteiger partial charge is 0.329 e. The van der Waals surface area contributed by atoms with Crippen molar-refractivity contribution in [1.82, 2.24) is 4.90 Å². The van der Waals surface area contributed by atoms with Gasteiger partial charge in [0.25, 0.3) is 0 Å². The Bertz CT molecular complexity index is 458. The highest BCUT2D eigenvalue weighted by molar-refractivity contribution is 5.96. The number of carbonyl (C=O) groups excluding carboxylic acids is 1. The van der Waals surface area contributed by atoms with Crippen LogP contribution in [0.4, 0.5) is 5.69 Å². The molecule has 1 unspecified atom stereocenters. The fraction of sp³-hybridized carbons (Fsp3) is 0.500. The molecule has 18 heavy (non-hydrogen) atoms. The predicted molar refractivity (Wildman–Crippen MR) is 73.7 cm³/mol. The van der Waals surface area contributed by atoms with Crippen LogP contribution < -0.4 is 10.6 Å². The maximum atomic E-state index is 12.2. The maximum Gasteiger partial charge on any atom is 0.241 e. The minimum absolute atomic E-state index is 0.149. The molecule has 0 saturated carbocycles.